The first-order valence-corrected chi connectivity index (χ1v) is 8.58. The second-order valence-corrected chi connectivity index (χ2v) is 6.35. The molecule has 1 heterocycles. The second kappa shape index (κ2) is 6.10. The van der Waals surface area contributed by atoms with Crippen molar-refractivity contribution in [2.45, 2.75) is 0 Å². The van der Waals surface area contributed by atoms with Gasteiger partial charge in [-0.2, -0.15) is 8.75 Å². The topological polar surface area (TPSA) is 35.0 Å². The molecule has 0 spiro atoms. The number of aromatic nitrogens is 2. The number of rotatable bonds is 3. The lowest BCUT2D eigenvalue weighted by molar-refractivity contribution is 0.484. The molecule has 4 rings (SSSR count). The molecule has 4 aromatic rings. The van der Waals surface area contributed by atoms with Crippen LogP contribution >= 0.6 is 27.7 Å². The average Bonchev–Trinajstić information content (AvgIpc) is 3.08. The van der Waals surface area contributed by atoms with Gasteiger partial charge in [0, 0.05) is 5.56 Å². The van der Waals surface area contributed by atoms with Gasteiger partial charge in [0.2, 0.25) is 0 Å². The van der Waals surface area contributed by atoms with Crippen LogP contribution in [0.3, 0.4) is 0 Å². The van der Waals surface area contributed by atoms with Crippen LogP contribution in [0.5, 0.6) is 11.5 Å². The standard InChI is InChI=1S/C18H11BrN2OS/c19-14-8-4-5-9-15(14)22-16-11-10-13(12-6-2-1-3-7-12)17-18(16)21-23-20-17/h1-11H. The van der Waals surface area contributed by atoms with Crippen LogP contribution in [0.4, 0.5) is 0 Å². The molecule has 23 heavy (non-hydrogen) atoms. The third-order valence-electron chi connectivity index (χ3n) is 3.52. The molecule has 0 aliphatic rings. The fraction of sp³-hybridized carbons (Fsp3) is 0. The van der Waals surface area contributed by atoms with Crippen LogP contribution in [-0.2, 0) is 0 Å². The second-order valence-electron chi connectivity index (χ2n) is 4.97. The zero-order valence-corrected chi connectivity index (χ0v) is 14.3. The summed E-state index contributed by atoms with van der Waals surface area (Å²) in [7, 11) is 0. The van der Waals surface area contributed by atoms with Crippen molar-refractivity contribution < 1.29 is 4.74 Å². The minimum Gasteiger partial charge on any atom is -0.454 e. The summed E-state index contributed by atoms with van der Waals surface area (Å²) in [5.74, 6) is 1.47. The molecule has 0 aliphatic carbocycles. The summed E-state index contributed by atoms with van der Waals surface area (Å²) in [5.41, 5.74) is 3.84. The minimum absolute atomic E-state index is 0.709. The first kappa shape index (κ1) is 14.4. The van der Waals surface area contributed by atoms with Crippen LogP contribution in [0, 0.1) is 0 Å². The van der Waals surface area contributed by atoms with Gasteiger partial charge in [-0.15, -0.1) is 0 Å². The van der Waals surface area contributed by atoms with E-state index < -0.39 is 0 Å². The average molecular weight is 383 g/mol. The van der Waals surface area contributed by atoms with Crippen LogP contribution in [0.15, 0.2) is 71.2 Å². The molecule has 112 valence electrons. The highest BCUT2D eigenvalue weighted by molar-refractivity contribution is 9.10. The predicted octanol–water partition coefficient (Wildman–Crippen LogP) is 5.91. The van der Waals surface area contributed by atoms with Gasteiger partial charge in [-0.05, 0) is 45.8 Å². The molecule has 0 atom stereocenters. The summed E-state index contributed by atoms with van der Waals surface area (Å²) in [6.45, 7) is 0. The van der Waals surface area contributed by atoms with E-state index in [0.717, 1.165) is 32.4 Å². The summed E-state index contributed by atoms with van der Waals surface area (Å²) in [6, 6.07) is 21.9. The normalized spacial score (nSPS) is 10.8. The number of benzene rings is 3. The first-order chi connectivity index (χ1) is 11.3. The van der Waals surface area contributed by atoms with E-state index in [1.165, 1.54) is 11.7 Å². The monoisotopic (exact) mass is 382 g/mol. The molecule has 0 fully saturated rings. The molecular weight excluding hydrogens is 372 g/mol. The Kier molecular flexibility index (Phi) is 3.81. The van der Waals surface area contributed by atoms with E-state index in [-0.39, 0.29) is 0 Å². The Morgan fingerprint density at radius 1 is 0.739 bits per heavy atom. The molecule has 0 bridgehead atoms. The Hall–Kier alpha value is -2.24. The maximum absolute atomic E-state index is 6.03. The van der Waals surface area contributed by atoms with Crippen molar-refractivity contribution >= 4 is 38.7 Å². The van der Waals surface area contributed by atoms with Crippen molar-refractivity contribution in [1.29, 1.82) is 0 Å². The molecule has 1 aromatic heterocycles. The van der Waals surface area contributed by atoms with Crippen molar-refractivity contribution in [2.75, 3.05) is 0 Å². The van der Waals surface area contributed by atoms with Crippen LogP contribution < -0.4 is 4.74 Å². The molecule has 0 amide bonds. The third kappa shape index (κ3) is 2.73. The fourth-order valence-corrected chi connectivity index (χ4v) is 3.35. The summed E-state index contributed by atoms with van der Waals surface area (Å²) in [5, 5.41) is 0. The Balaban J connectivity index is 1.82. The lowest BCUT2D eigenvalue weighted by Gasteiger charge is -2.09. The number of ether oxygens (including phenoxy) is 1. The Labute approximate surface area is 146 Å². The minimum atomic E-state index is 0.709. The fourth-order valence-electron chi connectivity index (χ4n) is 2.42. The molecule has 0 unspecified atom stereocenters. The first-order valence-electron chi connectivity index (χ1n) is 7.06. The van der Waals surface area contributed by atoms with E-state index in [1.54, 1.807) is 0 Å². The molecule has 0 radical (unpaired) electrons. The van der Waals surface area contributed by atoms with Gasteiger partial charge < -0.3 is 4.74 Å². The van der Waals surface area contributed by atoms with Crippen molar-refractivity contribution in [2.24, 2.45) is 0 Å². The van der Waals surface area contributed by atoms with Crippen molar-refractivity contribution in [3.05, 3.63) is 71.2 Å². The van der Waals surface area contributed by atoms with E-state index in [0.29, 0.717) is 5.75 Å². The van der Waals surface area contributed by atoms with Crippen molar-refractivity contribution in [1.82, 2.24) is 8.75 Å². The maximum Gasteiger partial charge on any atom is 0.156 e. The number of hydrogen-bond acceptors (Lipinski definition) is 4. The summed E-state index contributed by atoms with van der Waals surface area (Å²) >= 11 is 4.70. The molecular formula is C18H11BrN2OS. The molecule has 3 aromatic carbocycles. The number of hydrogen-bond donors (Lipinski definition) is 0. The van der Waals surface area contributed by atoms with Gasteiger partial charge in [0.15, 0.2) is 5.75 Å². The van der Waals surface area contributed by atoms with Gasteiger partial charge in [0.1, 0.15) is 16.8 Å². The molecule has 5 heteroatoms. The van der Waals surface area contributed by atoms with Crippen LogP contribution in [0.2, 0.25) is 0 Å². The lowest BCUT2D eigenvalue weighted by Crippen LogP contribution is -1.88. The Bertz CT molecular complexity index is 969. The van der Waals surface area contributed by atoms with Crippen LogP contribution in [0.25, 0.3) is 22.2 Å². The lowest BCUT2D eigenvalue weighted by atomic mass is 10.0. The Morgan fingerprint density at radius 3 is 2.30 bits per heavy atom. The van der Waals surface area contributed by atoms with Gasteiger partial charge in [0.05, 0.1) is 16.2 Å². The summed E-state index contributed by atoms with van der Waals surface area (Å²) in [6.07, 6.45) is 0. The van der Waals surface area contributed by atoms with Crippen LogP contribution in [0.1, 0.15) is 0 Å². The maximum atomic E-state index is 6.03. The van der Waals surface area contributed by atoms with Gasteiger partial charge in [0.25, 0.3) is 0 Å². The third-order valence-corrected chi connectivity index (χ3v) is 4.70. The quantitative estimate of drug-likeness (QED) is 0.441. The SMILES string of the molecule is Brc1ccccc1Oc1ccc(-c2ccccc2)c2nsnc12. The summed E-state index contributed by atoms with van der Waals surface area (Å²) < 4.78 is 15.8. The van der Waals surface area contributed by atoms with Crippen molar-refractivity contribution in [3.63, 3.8) is 0 Å². The largest absolute Gasteiger partial charge is 0.454 e. The van der Waals surface area contributed by atoms with E-state index >= 15 is 0 Å². The van der Waals surface area contributed by atoms with Gasteiger partial charge >= 0.3 is 0 Å². The number of nitrogens with zero attached hydrogens (tertiary/aromatic N) is 2. The van der Waals surface area contributed by atoms with E-state index in [9.17, 15) is 0 Å². The number of halogens is 1. The molecule has 0 saturated carbocycles. The van der Waals surface area contributed by atoms with Gasteiger partial charge in [-0.1, -0.05) is 42.5 Å². The van der Waals surface area contributed by atoms with E-state index in [4.69, 9.17) is 4.74 Å². The number of fused-ring (bicyclic) bond motifs is 1. The highest BCUT2D eigenvalue weighted by atomic mass is 79.9. The van der Waals surface area contributed by atoms with Gasteiger partial charge in [-0.3, -0.25) is 0 Å². The Morgan fingerprint density at radius 2 is 1.48 bits per heavy atom. The van der Waals surface area contributed by atoms with E-state index in [2.05, 4.69) is 36.8 Å². The predicted molar refractivity (Wildman–Crippen MR) is 97.1 cm³/mol. The molecule has 0 saturated heterocycles. The number of para-hydroxylation sites is 1. The summed E-state index contributed by atoms with van der Waals surface area (Å²) in [4.78, 5) is 0. The zero-order valence-electron chi connectivity index (χ0n) is 11.9. The van der Waals surface area contributed by atoms with E-state index in [1.807, 2.05) is 54.6 Å². The van der Waals surface area contributed by atoms with Gasteiger partial charge in [-0.25, -0.2) is 0 Å². The van der Waals surface area contributed by atoms with Crippen LogP contribution in [-0.4, -0.2) is 8.75 Å². The molecule has 3 nitrogen and oxygen atoms in total. The molecule has 0 N–H and O–H groups in total. The molecule has 0 aliphatic heterocycles. The zero-order chi connectivity index (χ0) is 15.6. The van der Waals surface area contributed by atoms with Crippen molar-refractivity contribution in [3.8, 4) is 22.6 Å². The highest BCUT2D eigenvalue weighted by Crippen LogP contribution is 2.37. The highest BCUT2D eigenvalue weighted by Gasteiger charge is 2.14. The smallest absolute Gasteiger partial charge is 0.156 e.